The lowest BCUT2D eigenvalue weighted by molar-refractivity contribution is 0.294. The molecule has 1 aromatic heterocycles. The average molecular weight is 259 g/mol. The molecule has 0 radical (unpaired) electrons. The number of pyridine rings is 1. The van der Waals surface area contributed by atoms with Crippen LogP contribution in [0.25, 0.3) is 0 Å². The van der Waals surface area contributed by atoms with Crippen molar-refractivity contribution in [1.82, 2.24) is 9.88 Å². The molecular weight excluding hydrogens is 238 g/mol. The van der Waals surface area contributed by atoms with Gasteiger partial charge in [0, 0.05) is 13.1 Å². The van der Waals surface area contributed by atoms with E-state index in [4.69, 9.17) is 11.0 Å². The number of anilines is 2. The fraction of sp³-hybridized carbons (Fsp3) is 0.571. The maximum atomic E-state index is 8.88. The first-order valence-corrected chi connectivity index (χ1v) is 6.82. The highest BCUT2D eigenvalue weighted by molar-refractivity contribution is 5.54. The van der Waals surface area contributed by atoms with Crippen LogP contribution < -0.4 is 11.1 Å². The second kappa shape index (κ2) is 6.39. The summed E-state index contributed by atoms with van der Waals surface area (Å²) < 4.78 is 0. The monoisotopic (exact) mass is 259 g/mol. The fourth-order valence-corrected chi connectivity index (χ4v) is 2.41. The van der Waals surface area contributed by atoms with Crippen molar-refractivity contribution in [1.29, 1.82) is 5.26 Å². The van der Waals surface area contributed by atoms with Crippen molar-refractivity contribution in [2.75, 3.05) is 37.2 Å². The van der Waals surface area contributed by atoms with Crippen LogP contribution in [0, 0.1) is 17.2 Å². The summed E-state index contributed by atoms with van der Waals surface area (Å²) in [5, 5.41) is 12.2. The van der Waals surface area contributed by atoms with E-state index in [9.17, 15) is 0 Å². The number of nitrogen functional groups attached to an aromatic ring is 1. The third-order valence-electron chi connectivity index (χ3n) is 3.43. The number of hydrogen-bond donors (Lipinski definition) is 2. The van der Waals surface area contributed by atoms with Gasteiger partial charge in [0.05, 0.1) is 5.69 Å². The van der Waals surface area contributed by atoms with Gasteiger partial charge in [-0.25, -0.2) is 4.98 Å². The molecule has 2 rings (SSSR count). The molecule has 1 atom stereocenters. The minimum atomic E-state index is 0.289. The van der Waals surface area contributed by atoms with Gasteiger partial charge >= 0.3 is 0 Å². The van der Waals surface area contributed by atoms with Crippen molar-refractivity contribution in [2.45, 2.75) is 19.8 Å². The summed E-state index contributed by atoms with van der Waals surface area (Å²) in [5.41, 5.74) is 6.36. The lowest BCUT2D eigenvalue weighted by Gasteiger charge is -2.20. The molecular formula is C14H21N5. The summed E-state index contributed by atoms with van der Waals surface area (Å²) >= 11 is 0. The van der Waals surface area contributed by atoms with E-state index in [1.54, 1.807) is 6.07 Å². The van der Waals surface area contributed by atoms with E-state index in [0.717, 1.165) is 18.9 Å². The summed E-state index contributed by atoms with van der Waals surface area (Å²) in [5.74, 6) is 1.28. The Hall–Kier alpha value is -1.80. The van der Waals surface area contributed by atoms with Gasteiger partial charge in [0.2, 0.25) is 0 Å². The predicted molar refractivity (Wildman–Crippen MR) is 76.7 cm³/mol. The molecule has 0 aromatic carbocycles. The summed E-state index contributed by atoms with van der Waals surface area (Å²) in [4.78, 5) is 6.69. The Kier molecular flexibility index (Phi) is 4.58. The smallest absolute Gasteiger partial charge is 0.165 e. The maximum absolute atomic E-state index is 8.88. The summed E-state index contributed by atoms with van der Waals surface area (Å²) in [6.45, 7) is 6.66. The van der Waals surface area contributed by atoms with E-state index in [-0.39, 0.29) is 5.69 Å². The second-order valence-corrected chi connectivity index (χ2v) is 5.24. The van der Waals surface area contributed by atoms with Gasteiger partial charge in [-0.15, -0.1) is 0 Å². The lowest BCUT2D eigenvalue weighted by atomic mass is 10.1. The number of rotatable bonds is 5. The Morgan fingerprint density at radius 2 is 2.21 bits per heavy atom. The third-order valence-corrected chi connectivity index (χ3v) is 3.43. The minimum Gasteiger partial charge on any atom is -0.396 e. The first-order valence-electron chi connectivity index (χ1n) is 6.82. The van der Waals surface area contributed by atoms with Crippen molar-refractivity contribution < 1.29 is 0 Å². The van der Waals surface area contributed by atoms with E-state index >= 15 is 0 Å². The van der Waals surface area contributed by atoms with Gasteiger partial charge in [-0.3, -0.25) is 0 Å². The number of nitrogens with two attached hydrogens (primary N) is 1. The number of hydrogen-bond acceptors (Lipinski definition) is 5. The van der Waals surface area contributed by atoms with Crippen LogP contribution in [0.3, 0.4) is 0 Å². The number of nitriles is 1. The van der Waals surface area contributed by atoms with Gasteiger partial charge in [-0.1, -0.05) is 6.92 Å². The molecule has 1 aliphatic heterocycles. The molecule has 0 aliphatic carbocycles. The molecule has 1 aromatic rings. The largest absolute Gasteiger partial charge is 0.396 e. The van der Waals surface area contributed by atoms with Gasteiger partial charge in [-0.05, 0) is 44.0 Å². The third kappa shape index (κ3) is 3.83. The van der Waals surface area contributed by atoms with Crippen molar-refractivity contribution >= 4 is 11.5 Å². The molecule has 1 fully saturated rings. The molecule has 19 heavy (non-hydrogen) atoms. The molecule has 5 nitrogen and oxygen atoms in total. The average Bonchev–Trinajstić information content (AvgIpc) is 2.90. The fourth-order valence-electron chi connectivity index (χ4n) is 2.41. The zero-order chi connectivity index (χ0) is 13.7. The minimum absolute atomic E-state index is 0.289. The zero-order valence-corrected chi connectivity index (χ0v) is 11.4. The Labute approximate surface area is 114 Å². The van der Waals surface area contributed by atoms with Crippen LogP contribution in [0.4, 0.5) is 11.5 Å². The summed E-state index contributed by atoms with van der Waals surface area (Å²) in [7, 11) is 0. The number of aromatic nitrogens is 1. The lowest BCUT2D eigenvalue weighted by Crippen LogP contribution is -2.29. The van der Waals surface area contributed by atoms with Crippen LogP contribution in [-0.2, 0) is 0 Å². The topological polar surface area (TPSA) is 78.0 Å². The van der Waals surface area contributed by atoms with Crippen molar-refractivity contribution in [2.24, 2.45) is 5.92 Å². The second-order valence-electron chi connectivity index (χ2n) is 5.24. The SMILES string of the molecule is CC(CNc1ccc(N)c(C#N)n1)CN1CCCC1. The Bertz CT molecular complexity index is 459. The normalized spacial score (nSPS) is 17.1. The molecule has 1 unspecified atom stereocenters. The molecule has 0 saturated carbocycles. The number of likely N-dealkylation sites (tertiary alicyclic amines) is 1. The van der Waals surface area contributed by atoms with Gasteiger partial charge in [0.25, 0.3) is 0 Å². The van der Waals surface area contributed by atoms with E-state index < -0.39 is 0 Å². The van der Waals surface area contributed by atoms with E-state index in [0.29, 0.717) is 11.6 Å². The highest BCUT2D eigenvalue weighted by Gasteiger charge is 2.14. The van der Waals surface area contributed by atoms with E-state index in [2.05, 4.69) is 22.1 Å². The molecule has 2 heterocycles. The van der Waals surface area contributed by atoms with Gasteiger partial charge in [0.1, 0.15) is 11.9 Å². The van der Waals surface area contributed by atoms with Crippen LogP contribution in [0.15, 0.2) is 12.1 Å². The number of nitrogens with zero attached hydrogens (tertiary/aromatic N) is 3. The van der Waals surface area contributed by atoms with E-state index in [1.807, 2.05) is 12.1 Å². The maximum Gasteiger partial charge on any atom is 0.165 e. The van der Waals surface area contributed by atoms with Crippen molar-refractivity contribution in [3.63, 3.8) is 0 Å². The van der Waals surface area contributed by atoms with Crippen molar-refractivity contribution in [3.05, 3.63) is 17.8 Å². The predicted octanol–water partition coefficient (Wildman–Crippen LogP) is 1.68. The van der Waals surface area contributed by atoms with Crippen LogP contribution >= 0.6 is 0 Å². The van der Waals surface area contributed by atoms with Crippen LogP contribution in [0.5, 0.6) is 0 Å². The Balaban J connectivity index is 1.82. The Morgan fingerprint density at radius 1 is 1.47 bits per heavy atom. The Morgan fingerprint density at radius 3 is 2.89 bits per heavy atom. The first kappa shape index (κ1) is 13.6. The molecule has 3 N–H and O–H groups in total. The van der Waals surface area contributed by atoms with Crippen LogP contribution in [0.1, 0.15) is 25.5 Å². The van der Waals surface area contributed by atoms with Gasteiger partial charge in [0.15, 0.2) is 5.69 Å². The van der Waals surface area contributed by atoms with Crippen LogP contribution in [-0.4, -0.2) is 36.1 Å². The highest BCUT2D eigenvalue weighted by Crippen LogP contribution is 2.14. The molecule has 5 heteroatoms. The quantitative estimate of drug-likeness (QED) is 0.841. The van der Waals surface area contributed by atoms with Gasteiger partial charge in [-0.2, -0.15) is 5.26 Å². The van der Waals surface area contributed by atoms with E-state index in [1.165, 1.54) is 25.9 Å². The standard InChI is InChI=1S/C14H21N5/c1-11(10-19-6-2-3-7-19)9-17-14-5-4-12(16)13(8-15)18-14/h4-5,11H,2-3,6-7,9-10,16H2,1H3,(H,17,18). The molecule has 0 spiro atoms. The molecule has 0 amide bonds. The van der Waals surface area contributed by atoms with Crippen LogP contribution in [0.2, 0.25) is 0 Å². The summed E-state index contributed by atoms with van der Waals surface area (Å²) in [6, 6.07) is 5.54. The molecule has 102 valence electrons. The highest BCUT2D eigenvalue weighted by atomic mass is 15.1. The van der Waals surface area contributed by atoms with Crippen molar-refractivity contribution in [3.8, 4) is 6.07 Å². The first-order chi connectivity index (χ1) is 9.19. The number of nitrogens with one attached hydrogen (secondary N) is 1. The summed E-state index contributed by atoms with van der Waals surface area (Å²) in [6.07, 6.45) is 2.65. The molecule has 1 saturated heterocycles. The molecule has 1 aliphatic rings. The van der Waals surface area contributed by atoms with Gasteiger partial charge < -0.3 is 16.0 Å². The molecule has 0 bridgehead atoms. The zero-order valence-electron chi connectivity index (χ0n) is 11.4.